The van der Waals surface area contributed by atoms with Gasteiger partial charge in [-0.2, -0.15) is 0 Å². The first-order valence-electron chi connectivity index (χ1n) is 2.87. The first-order valence-corrected chi connectivity index (χ1v) is 4.98. The van der Waals surface area contributed by atoms with E-state index in [1.54, 1.807) is 0 Å². The molecule has 54 valence electrons. The summed E-state index contributed by atoms with van der Waals surface area (Å²) >= 11 is 4.67. The molecule has 0 aromatic heterocycles. The van der Waals surface area contributed by atoms with Gasteiger partial charge in [-0.1, -0.05) is 17.7 Å². The SMILES string of the molecule is Cc1ccc(S(O)=S)cc1. The van der Waals surface area contributed by atoms with E-state index in [0.29, 0.717) is 0 Å². The maximum absolute atomic E-state index is 8.96. The van der Waals surface area contributed by atoms with Crippen molar-refractivity contribution in [1.29, 1.82) is 0 Å². The Morgan fingerprint density at radius 2 is 1.80 bits per heavy atom. The molecule has 10 heavy (non-hydrogen) atoms. The van der Waals surface area contributed by atoms with Gasteiger partial charge in [0.05, 0.1) is 0 Å². The molecule has 0 aliphatic heterocycles. The van der Waals surface area contributed by atoms with Crippen LogP contribution < -0.4 is 0 Å². The summed E-state index contributed by atoms with van der Waals surface area (Å²) in [6.07, 6.45) is 0. The topological polar surface area (TPSA) is 20.2 Å². The number of hydrogen-bond donors (Lipinski definition) is 1. The van der Waals surface area contributed by atoms with Gasteiger partial charge >= 0.3 is 0 Å². The maximum Gasteiger partial charge on any atom is 0.0378 e. The highest BCUT2D eigenvalue weighted by molar-refractivity contribution is 8.25. The van der Waals surface area contributed by atoms with E-state index in [0.717, 1.165) is 4.90 Å². The largest absolute Gasteiger partial charge is 0.323 e. The first-order chi connectivity index (χ1) is 4.70. The predicted octanol–water partition coefficient (Wildman–Crippen LogP) is 1.91. The van der Waals surface area contributed by atoms with Gasteiger partial charge in [0.25, 0.3) is 0 Å². The Morgan fingerprint density at radius 3 is 2.20 bits per heavy atom. The van der Waals surface area contributed by atoms with Crippen molar-refractivity contribution in [2.45, 2.75) is 11.8 Å². The highest BCUT2D eigenvalue weighted by Gasteiger charge is 1.91. The van der Waals surface area contributed by atoms with Crippen molar-refractivity contribution in [2.75, 3.05) is 0 Å². The van der Waals surface area contributed by atoms with E-state index < -0.39 is 9.74 Å². The molecule has 0 aliphatic rings. The fraction of sp³-hybridized carbons (Fsp3) is 0.143. The summed E-state index contributed by atoms with van der Waals surface area (Å²) in [5.41, 5.74) is 1.18. The van der Waals surface area contributed by atoms with Gasteiger partial charge in [0.1, 0.15) is 0 Å². The van der Waals surface area contributed by atoms with Crippen LogP contribution in [0.25, 0.3) is 0 Å². The molecule has 1 unspecified atom stereocenters. The Balaban J connectivity index is 3.00. The van der Waals surface area contributed by atoms with Crippen LogP contribution in [-0.2, 0) is 20.9 Å². The summed E-state index contributed by atoms with van der Waals surface area (Å²) in [6, 6.07) is 7.59. The van der Waals surface area contributed by atoms with Gasteiger partial charge in [0.2, 0.25) is 0 Å². The molecule has 0 spiro atoms. The van der Waals surface area contributed by atoms with Gasteiger partial charge in [0.15, 0.2) is 0 Å². The Morgan fingerprint density at radius 1 is 1.30 bits per heavy atom. The second-order valence-corrected chi connectivity index (χ2v) is 3.98. The lowest BCUT2D eigenvalue weighted by molar-refractivity contribution is 0.656. The number of benzene rings is 1. The van der Waals surface area contributed by atoms with E-state index in [4.69, 9.17) is 4.55 Å². The van der Waals surface area contributed by atoms with Crippen LogP contribution in [-0.4, -0.2) is 4.55 Å². The summed E-state index contributed by atoms with van der Waals surface area (Å²) in [5, 5.41) is 0. The van der Waals surface area contributed by atoms with Gasteiger partial charge in [-0.3, -0.25) is 0 Å². The summed E-state index contributed by atoms with van der Waals surface area (Å²) in [7, 11) is -1.00. The first kappa shape index (κ1) is 7.85. The Labute approximate surface area is 67.5 Å². The normalized spacial score (nSPS) is 13.0. The zero-order chi connectivity index (χ0) is 7.56. The lowest BCUT2D eigenvalue weighted by Crippen LogP contribution is -1.84. The lowest BCUT2D eigenvalue weighted by atomic mass is 10.2. The average molecular weight is 172 g/mol. The Bertz CT molecular complexity index is 240. The Kier molecular flexibility index (Phi) is 2.54. The van der Waals surface area contributed by atoms with E-state index in [1.165, 1.54) is 5.56 Å². The van der Waals surface area contributed by atoms with Crippen LogP contribution >= 0.6 is 0 Å². The zero-order valence-electron chi connectivity index (χ0n) is 5.57. The molecule has 1 aromatic rings. The van der Waals surface area contributed by atoms with Crippen molar-refractivity contribution >= 4 is 20.9 Å². The van der Waals surface area contributed by atoms with Crippen LogP contribution in [0, 0.1) is 6.92 Å². The van der Waals surface area contributed by atoms with Crippen LogP contribution in [0.1, 0.15) is 5.56 Å². The minimum Gasteiger partial charge on any atom is -0.323 e. The quantitative estimate of drug-likeness (QED) is 0.698. The molecule has 0 amide bonds. The third-order valence-corrected chi connectivity index (χ3v) is 2.48. The minimum atomic E-state index is -1.00. The molecular formula is C7H8OS2. The predicted molar refractivity (Wildman–Crippen MR) is 46.8 cm³/mol. The van der Waals surface area contributed by atoms with Crippen LogP contribution in [0.5, 0.6) is 0 Å². The van der Waals surface area contributed by atoms with E-state index in [2.05, 4.69) is 11.2 Å². The molecule has 1 nitrogen and oxygen atoms in total. The van der Waals surface area contributed by atoms with Gasteiger partial charge in [-0.05, 0) is 30.2 Å². The monoisotopic (exact) mass is 172 g/mol. The molecule has 0 saturated carbocycles. The average Bonchev–Trinajstić information content (AvgIpc) is 1.88. The van der Waals surface area contributed by atoms with Crippen molar-refractivity contribution in [3.63, 3.8) is 0 Å². The number of hydrogen-bond acceptors (Lipinski definition) is 1. The van der Waals surface area contributed by atoms with Crippen LogP contribution in [0.15, 0.2) is 29.2 Å². The lowest BCUT2D eigenvalue weighted by Gasteiger charge is -1.96. The van der Waals surface area contributed by atoms with Gasteiger partial charge < -0.3 is 4.55 Å². The second-order valence-electron chi connectivity index (χ2n) is 2.06. The van der Waals surface area contributed by atoms with Crippen molar-refractivity contribution in [1.82, 2.24) is 0 Å². The van der Waals surface area contributed by atoms with Gasteiger partial charge in [-0.15, -0.1) is 0 Å². The molecule has 0 aliphatic carbocycles. The van der Waals surface area contributed by atoms with Gasteiger partial charge in [0, 0.05) is 14.6 Å². The van der Waals surface area contributed by atoms with E-state index in [9.17, 15) is 0 Å². The molecule has 1 N–H and O–H groups in total. The molecule has 1 aromatic carbocycles. The number of rotatable bonds is 1. The molecule has 1 rings (SSSR count). The van der Waals surface area contributed by atoms with E-state index >= 15 is 0 Å². The second kappa shape index (κ2) is 3.23. The smallest absolute Gasteiger partial charge is 0.0378 e. The molecule has 3 heteroatoms. The fourth-order valence-electron chi connectivity index (χ4n) is 0.655. The van der Waals surface area contributed by atoms with E-state index in [1.807, 2.05) is 31.2 Å². The van der Waals surface area contributed by atoms with Crippen molar-refractivity contribution < 1.29 is 4.55 Å². The van der Waals surface area contributed by atoms with Crippen LogP contribution in [0.2, 0.25) is 0 Å². The van der Waals surface area contributed by atoms with Gasteiger partial charge in [-0.25, -0.2) is 0 Å². The molecule has 0 fully saturated rings. The molecule has 1 atom stereocenters. The third-order valence-electron chi connectivity index (χ3n) is 1.22. The standard InChI is InChI=1S/C7H8OS2/c1-6-2-4-7(5-3-6)10(8)9/h2-5H,1H3,(H,8,9). The maximum atomic E-state index is 8.96. The van der Waals surface area contributed by atoms with Crippen LogP contribution in [0.3, 0.4) is 0 Å². The summed E-state index contributed by atoms with van der Waals surface area (Å²) < 4.78 is 8.96. The zero-order valence-corrected chi connectivity index (χ0v) is 7.21. The number of aryl methyl sites for hydroxylation is 1. The fourth-order valence-corrected chi connectivity index (χ4v) is 1.36. The summed E-state index contributed by atoms with van der Waals surface area (Å²) in [4.78, 5) is 0.820. The highest BCUT2D eigenvalue weighted by atomic mass is 32.8. The molecule has 0 bridgehead atoms. The molecular weight excluding hydrogens is 164 g/mol. The molecule has 0 saturated heterocycles. The summed E-state index contributed by atoms with van der Waals surface area (Å²) in [5.74, 6) is 0. The third kappa shape index (κ3) is 1.87. The van der Waals surface area contributed by atoms with Crippen LogP contribution in [0.4, 0.5) is 0 Å². The minimum absolute atomic E-state index is 0.820. The van der Waals surface area contributed by atoms with E-state index in [-0.39, 0.29) is 0 Å². The van der Waals surface area contributed by atoms with Crippen molar-refractivity contribution in [2.24, 2.45) is 0 Å². The van der Waals surface area contributed by atoms with Crippen molar-refractivity contribution in [3.8, 4) is 0 Å². The highest BCUT2D eigenvalue weighted by Crippen LogP contribution is 2.05. The summed E-state index contributed by atoms with van der Waals surface area (Å²) in [6.45, 7) is 2.00. The Hall–Kier alpha value is -0.250. The molecule has 0 radical (unpaired) electrons. The molecule has 0 heterocycles. The van der Waals surface area contributed by atoms with Crippen molar-refractivity contribution in [3.05, 3.63) is 29.8 Å².